The fraction of sp³-hybridized carbons (Fsp3) is 0.333. The Labute approximate surface area is 94.9 Å². The molecule has 0 aliphatic rings. The van der Waals surface area contributed by atoms with Gasteiger partial charge in [-0.3, -0.25) is 4.98 Å². The van der Waals surface area contributed by atoms with Crippen molar-refractivity contribution < 1.29 is 0 Å². The number of hydrogen-bond acceptors (Lipinski definition) is 3. The summed E-state index contributed by atoms with van der Waals surface area (Å²) in [5.41, 5.74) is 7.46. The number of H-pyrrole nitrogens is 1. The van der Waals surface area contributed by atoms with Gasteiger partial charge in [-0.05, 0) is 24.6 Å². The molecule has 0 aliphatic carbocycles. The van der Waals surface area contributed by atoms with E-state index in [-0.39, 0.29) is 0 Å². The van der Waals surface area contributed by atoms with Crippen molar-refractivity contribution in [1.82, 2.24) is 15.0 Å². The number of rotatable bonds is 4. The van der Waals surface area contributed by atoms with E-state index < -0.39 is 0 Å². The maximum atomic E-state index is 5.58. The SMILES string of the molecule is CC(CN)Cc1ncc(-c2ccccn2)[nH]1. The van der Waals surface area contributed by atoms with E-state index in [1.165, 1.54) is 0 Å². The molecule has 1 unspecified atom stereocenters. The normalized spacial score (nSPS) is 12.6. The second kappa shape index (κ2) is 4.90. The van der Waals surface area contributed by atoms with Crippen LogP contribution in [0.5, 0.6) is 0 Å². The van der Waals surface area contributed by atoms with Gasteiger partial charge in [0.05, 0.1) is 17.6 Å². The van der Waals surface area contributed by atoms with E-state index in [2.05, 4.69) is 21.9 Å². The maximum Gasteiger partial charge on any atom is 0.106 e. The molecule has 0 aliphatic heterocycles. The maximum absolute atomic E-state index is 5.58. The van der Waals surface area contributed by atoms with Crippen LogP contribution in [0.4, 0.5) is 0 Å². The van der Waals surface area contributed by atoms with Crippen LogP contribution in [0, 0.1) is 5.92 Å². The Kier molecular flexibility index (Phi) is 3.31. The molecule has 0 fully saturated rings. The van der Waals surface area contributed by atoms with Crippen molar-refractivity contribution in [3.8, 4) is 11.4 Å². The molecule has 0 aromatic carbocycles. The van der Waals surface area contributed by atoms with Crippen molar-refractivity contribution in [3.05, 3.63) is 36.4 Å². The molecule has 4 nitrogen and oxygen atoms in total. The monoisotopic (exact) mass is 216 g/mol. The molecule has 4 heteroatoms. The Balaban J connectivity index is 2.14. The first-order chi connectivity index (χ1) is 7.79. The van der Waals surface area contributed by atoms with E-state index in [4.69, 9.17) is 5.73 Å². The Hall–Kier alpha value is -1.68. The van der Waals surface area contributed by atoms with Crippen LogP contribution in [0.3, 0.4) is 0 Å². The second-order valence-electron chi connectivity index (χ2n) is 4.00. The van der Waals surface area contributed by atoms with E-state index in [1.54, 1.807) is 6.20 Å². The number of pyridine rings is 1. The first-order valence-corrected chi connectivity index (χ1v) is 5.45. The highest BCUT2D eigenvalue weighted by molar-refractivity contribution is 5.52. The van der Waals surface area contributed by atoms with Gasteiger partial charge in [0.1, 0.15) is 5.82 Å². The number of aromatic amines is 1. The summed E-state index contributed by atoms with van der Waals surface area (Å²) in [5, 5.41) is 0. The smallest absolute Gasteiger partial charge is 0.106 e. The lowest BCUT2D eigenvalue weighted by Crippen LogP contribution is -2.13. The van der Waals surface area contributed by atoms with Gasteiger partial charge in [0.15, 0.2) is 0 Å². The summed E-state index contributed by atoms with van der Waals surface area (Å²) >= 11 is 0. The van der Waals surface area contributed by atoms with Gasteiger partial charge in [0.2, 0.25) is 0 Å². The predicted octanol–water partition coefficient (Wildman–Crippen LogP) is 1.61. The van der Waals surface area contributed by atoms with Gasteiger partial charge >= 0.3 is 0 Å². The molecule has 0 saturated carbocycles. The van der Waals surface area contributed by atoms with Crippen molar-refractivity contribution in [3.63, 3.8) is 0 Å². The van der Waals surface area contributed by atoms with Gasteiger partial charge < -0.3 is 10.7 Å². The van der Waals surface area contributed by atoms with Crippen molar-refractivity contribution in [2.75, 3.05) is 6.54 Å². The van der Waals surface area contributed by atoms with Crippen LogP contribution in [0.25, 0.3) is 11.4 Å². The molecule has 0 saturated heterocycles. The third-order valence-electron chi connectivity index (χ3n) is 2.51. The molecule has 0 radical (unpaired) electrons. The summed E-state index contributed by atoms with van der Waals surface area (Å²) in [6.45, 7) is 2.79. The van der Waals surface area contributed by atoms with E-state index in [1.807, 2.05) is 24.4 Å². The summed E-state index contributed by atoms with van der Waals surface area (Å²) in [6.07, 6.45) is 4.47. The molecule has 0 spiro atoms. The topological polar surface area (TPSA) is 67.6 Å². The minimum atomic E-state index is 0.447. The Morgan fingerprint density at radius 3 is 2.94 bits per heavy atom. The highest BCUT2D eigenvalue weighted by atomic mass is 14.9. The number of aromatic nitrogens is 3. The van der Waals surface area contributed by atoms with Crippen LogP contribution < -0.4 is 5.73 Å². The zero-order valence-electron chi connectivity index (χ0n) is 9.35. The molecule has 1 atom stereocenters. The molecule has 2 aromatic heterocycles. The second-order valence-corrected chi connectivity index (χ2v) is 4.00. The molecular formula is C12H16N4. The van der Waals surface area contributed by atoms with Crippen LogP contribution in [0.2, 0.25) is 0 Å². The summed E-state index contributed by atoms with van der Waals surface area (Å²) < 4.78 is 0. The molecule has 16 heavy (non-hydrogen) atoms. The lowest BCUT2D eigenvalue weighted by Gasteiger charge is -2.04. The average Bonchev–Trinajstić information content (AvgIpc) is 2.78. The standard InChI is InChI=1S/C12H16N4/c1-9(7-13)6-12-15-8-11(16-12)10-4-2-3-5-14-10/h2-5,8-9H,6-7,13H2,1H3,(H,15,16). The molecular weight excluding hydrogens is 200 g/mol. The number of imidazole rings is 1. The number of nitrogens with zero attached hydrogens (tertiary/aromatic N) is 2. The first kappa shape index (κ1) is 10.8. The highest BCUT2D eigenvalue weighted by Crippen LogP contribution is 2.14. The third kappa shape index (κ3) is 2.46. The number of nitrogens with one attached hydrogen (secondary N) is 1. The largest absolute Gasteiger partial charge is 0.341 e. The molecule has 2 aromatic rings. The molecule has 0 bridgehead atoms. The van der Waals surface area contributed by atoms with Crippen LogP contribution >= 0.6 is 0 Å². The van der Waals surface area contributed by atoms with Crippen molar-refractivity contribution in [2.45, 2.75) is 13.3 Å². The zero-order valence-corrected chi connectivity index (χ0v) is 9.35. The van der Waals surface area contributed by atoms with Gasteiger partial charge in [-0.15, -0.1) is 0 Å². The van der Waals surface area contributed by atoms with Gasteiger partial charge in [-0.25, -0.2) is 4.98 Å². The molecule has 3 N–H and O–H groups in total. The van der Waals surface area contributed by atoms with Crippen LogP contribution in [-0.2, 0) is 6.42 Å². The fourth-order valence-corrected chi connectivity index (χ4v) is 1.53. The minimum absolute atomic E-state index is 0.447. The fourth-order valence-electron chi connectivity index (χ4n) is 1.53. The number of nitrogens with two attached hydrogens (primary N) is 1. The lowest BCUT2D eigenvalue weighted by atomic mass is 10.1. The van der Waals surface area contributed by atoms with Crippen molar-refractivity contribution >= 4 is 0 Å². The Morgan fingerprint density at radius 1 is 1.38 bits per heavy atom. The van der Waals surface area contributed by atoms with Crippen LogP contribution in [0.1, 0.15) is 12.7 Å². The average molecular weight is 216 g/mol. The van der Waals surface area contributed by atoms with E-state index in [0.717, 1.165) is 23.6 Å². The highest BCUT2D eigenvalue weighted by Gasteiger charge is 2.06. The minimum Gasteiger partial charge on any atom is -0.341 e. The molecule has 0 amide bonds. The zero-order chi connectivity index (χ0) is 11.4. The van der Waals surface area contributed by atoms with E-state index in [0.29, 0.717) is 12.5 Å². The summed E-state index contributed by atoms with van der Waals surface area (Å²) in [6, 6.07) is 5.83. The van der Waals surface area contributed by atoms with Gasteiger partial charge in [-0.2, -0.15) is 0 Å². The Morgan fingerprint density at radius 2 is 2.25 bits per heavy atom. The van der Waals surface area contributed by atoms with Gasteiger partial charge in [0.25, 0.3) is 0 Å². The quantitative estimate of drug-likeness (QED) is 0.815. The summed E-state index contributed by atoms with van der Waals surface area (Å²) in [7, 11) is 0. The van der Waals surface area contributed by atoms with Crippen molar-refractivity contribution in [2.24, 2.45) is 11.7 Å². The van der Waals surface area contributed by atoms with Gasteiger partial charge in [0, 0.05) is 12.6 Å². The summed E-state index contributed by atoms with van der Waals surface area (Å²) in [5.74, 6) is 1.42. The summed E-state index contributed by atoms with van der Waals surface area (Å²) in [4.78, 5) is 11.9. The first-order valence-electron chi connectivity index (χ1n) is 5.45. The van der Waals surface area contributed by atoms with Crippen LogP contribution in [0.15, 0.2) is 30.6 Å². The third-order valence-corrected chi connectivity index (χ3v) is 2.51. The number of hydrogen-bond donors (Lipinski definition) is 2. The Bertz CT molecular complexity index is 435. The molecule has 2 heterocycles. The predicted molar refractivity (Wildman–Crippen MR) is 63.7 cm³/mol. The lowest BCUT2D eigenvalue weighted by molar-refractivity contribution is 0.577. The molecule has 2 rings (SSSR count). The van der Waals surface area contributed by atoms with Crippen molar-refractivity contribution in [1.29, 1.82) is 0 Å². The van der Waals surface area contributed by atoms with Crippen LogP contribution in [-0.4, -0.2) is 21.5 Å². The molecule has 84 valence electrons. The van der Waals surface area contributed by atoms with Gasteiger partial charge in [-0.1, -0.05) is 13.0 Å². The van der Waals surface area contributed by atoms with E-state index in [9.17, 15) is 0 Å². The van der Waals surface area contributed by atoms with E-state index >= 15 is 0 Å².